The summed E-state index contributed by atoms with van der Waals surface area (Å²) in [5.41, 5.74) is 5.21. The summed E-state index contributed by atoms with van der Waals surface area (Å²) in [7, 11) is 1.88. The predicted molar refractivity (Wildman–Crippen MR) is 87.4 cm³/mol. The first-order valence-electron chi connectivity index (χ1n) is 7.29. The fourth-order valence-electron chi connectivity index (χ4n) is 2.66. The second-order valence-electron chi connectivity index (χ2n) is 5.43. The van der Waals surface area contributed by atoms with Crippen molar-refractivity contribution in [2.24, 2.45) is 7.05 Å². The van der Waals surface area contributed by atoms with Crippen LogP contribution >= 0.6 is 0 Å². The van der Waals surface area contributed by atoms with Crippen molar-refractivity contribution >= 4 is 11.0 Å². The number of aryl methyl sites for hydroxylation is 1. The molecule has 0 fully saturated rings. The molecule has 6 heteroatoms. The Hall–Kier alpha value is -2.99. The van der Waals surface area contributed by atoms with Gasteiger partial charge in [-0.25, -0.2) is 4.98 Å². The quantitative estimate of drug-likeness (QED) is 0.609. The Labute approximate surface area is 132 Å². The lowest BCUT2D eigenvalue weighted by molar-refractivity contribution is 0.282. The van der Waals surface area contributed by atoms with Crippen LogP contribution in [0.1, 0.15) is 5.56 Å². The Morgan fingerprint density at radius 1 is 1.17 bits per heavy atom. The monoisotopic (exact) mass is 305 g/mol. The molecule has 6 nitrogen and oxygen atoms in total. The van der Waals surface area contributed by atoms with Gasteiger partial charge in [0.2, 0.25) is 0 Å². The van der Waals surface area contributed by atoms with E-state index >= 15 is 0 Å². The van der Waals surface area contributed by atoms with E-state index in [0.29, 0.717) is 5.65 Å². The third-order valence-electron chi connectivity index (χ3n) is 3.82. The number of aliphatic hydroxyl groups is 1. The van der Waals surface area contributed by atoms with Crippen molar-refractivity contribution < 1.29 is 5.11 Å². The van der Waals surface area contributed by atoms with Gasteiger partial charge >= 0.3 is 0 Å². The Kier molecular flexibility index (Phi) is 3.17. The zero-order valence-corrected chi connectivity index (χ0v) is 12.6. The van der Waals surface area contributed by atoms with E-state index in [1.54, 1.807) is 10.9 Å². The standard InChI is InChI=1S/C17H15N5O/c1-22-9-13(8-18-22)16-14-5-6-15(19-17(14)21-20-16)12-4-2-3-11(7-12)10-23/h2-9,23H,10H2,1H3,(H,19,20,21). The van der Waals surface area contributed by atoms with E-state index in [4.69, 9.17) is 0 Å². The number of H-pyrrole nitrogens is 1. The predicted octanol–water partition coefficient (Wildman–Crippen LogP) is 2.52. The summed E-state index contributed by atoms with van der Waals surface area (Å²) in [5.74, 6) is 0. The van der Waals surface area contributed by atoms with Gasteiger partial charge in [0, 0.05) is 29.8 Å². The van der Waals surface area contributed by atoms with Crippen LogP contribution in [0.15, 0.2) is 48.8 Å². The molecule has 3 aromatic heterocycles. The summed E-state index contributed by atoms with van der Waals surface area (Å²) in [4.78, 5) is 4.62. The maximum Gasteiger partial charge on any atom is 0.182 e. The van der Waals surface area contributed by atoms with Gasteiger partial charge in [-0.2, -0.15) is 10.2 Å². The van der Waals surface area contributed by atoms with Crippen molar-refractivity contribution in [2.45, 2.75) is 6.61 Å². The van der Waals surface area contributed by atoms with Crippen LogP contribution in [0.4, 0.5) is 0 Å². The highest BCUT2D eigenvalue weighted by Gasteiger charge is 2.11. The van der Waals surface area contributed by atoms with Crippen molar-refractivity contribution in [1.82, 2.24) is 25.0 Å². The van der Waals surface area contributed by atoms with Crippen LogP contribution in [-0.4, -0.2) is 30.1 Å². The third kappa shape index (κ3) is 2.39. The van der Waals surface area contributed by atoms with Crippen molar-refractivity contribution in [3.8, 4) is 22.5 Å². The lowest BCUT2D eigenvalue weighted by atomic mass is 10.1. The molecular weight excluding hydrogens is 290 g/mol. The molecule has 0 aliphatic carbocycles. The molecule has 0 spiro atoms. The first-order valence-corrected chi connectivity index (χ1v) is 7.29. The number of aromatic amines is 1. The summed E-state index contributed by atoms with van der Waals surface area (Å²) >= 11 is 0. The highest BCUT2D eigenvalue weighted by atomic mass is 16.3. The van der Waals surface area contributed by atoms with Gasteiger partial charge in [0.05, 0.1) is 24.2 Å². The number of benzene rings is 1. The Morgan fingerprint density at radius 3 is 2.87 bits per heavy atom. The molecule has 0 atom stereocenters. The molecule has 114 valence electrons. The van der Waals surface area contributed by atoms with Crippen LogP contribution in [0.25, 0.3) is 33.5 Å². The lowest BCUT2D eigenvalue weighted by Gasteiger charge is -2.03. The van der Waals surface area contributed by atoms with Gasteiger partial charge < -0.3 is 5.11 Å². The zero-order valence-electron chi connectivity index (χ0n) is 12.6. The maximum absolute atomic E-state index is 9.27. The van der Waals surface area contributed by atoms with Gasteiger partial charge in [-0.05, 0) is 23.8 Å². The molecule has 2 N–H and O–H groups in total. The smallest absolute Gasteiger partial charge is 0.182 e. The summed E-state index contributed by atoms with van der Waals surface area (Å²) in [6.07, 6.45) is 3.73. The summed E-state index contributed by atoms with van der Waals surface area (Å²) in [6, 6.07) is 11.7. The summed E-state index contributed by atoms with van der Waals surface area (Å²) in [5, 5.41) is 21.8. The second kappa shape index (κ2) is 5.33. The number of pyridine rings is 1. The fraction of sp³-hybridized carbons (Fsp3) is 0.118. The topological polar surface area (TPSA) is 79.6 Å². The van der Waals surface area contributed by atoms with Gasteiger partial charge in [0.25, 0.3) is 0 Å². The van der Waals surface area contributed by atoms with Gasteiger partial charge in [0.1, 0.15) is 0 Å². The van der Waals surface area contributed by atoms with Crippen molar-refractivity contribution in [1.29, 1.82) is 0 Å². The van der Waals surface area contributed by atoms with Crippen LogP contribution in [0, 0.1) is 0 Å². The van der Waals surface area contributed by atoms with Crippen LogP contribution in [0.5, 0.6) is 0 Å². The molecule has 0 radical (unpaired) electrons. The largest absolute Gasteiger partial charge is 0.392 e. The minimum Gasteiger partial charge on any atom is -0.392 e. The van der Waals surface area contributed by atoms with Crippen molar-refractivity contribution in [3.05, 3.63) is 54.4 Å². The Morgan fingerprint density at radius 2 is 2.09 bits per heavy atom. The number of aromatic nitrogens is 5. The molecule has 1 aromatic carbocycles. The summed E-state index contributed by atoms with van der Waals surface area (Å²) in [6.45, 7) is 0.0175. The van der Waals surface area contributed by atoms with Crippen molar-refractivity contribution in [2.75, 3.05) is 0 Å². The Balaban J connectivity index is 1.80. The Bertz CT molecular complexity index is 985. The average molecular weight is 305 g/mol. The highest BCUT2D eigenvalue weighted by Crippen LogP contribution is 2.27. The number of aliphatic hydroxyl groups excluding tert-OH is 1. The molecule has 23 heavy (non-hydrogen) atoms. The minimum atomic E-state index is 0.0175. The number of nitrogens with zero attached hydrogens (tertiary/aromatic N) is 4. The number of nitrogens with one attached hydrogen (secondary N) is 1. The molecule has 0 bridgehead atoms. The van der Waals surface area contributed by atoms with Crippen LogP contribution in [-0.2, 0) is 13.7 Å². The van der Waals surface area contributed by atoms with Crippen LogP contribution in [0.3, 0.4) is 0 Å². The molecule has 0 saturated carbocycles. The maximum atomic E-state index is 9.27. The normalized spacial score (nSPS) is 11.2. The molecule has 0 saturated heterocycles. The SMILES string of the molecule is Cn1cc(-c2[nH]nc3nc(-c4cccc(CO)c4)ccc23)cn1. The molecule has 4 aromatic rings. The molecule has 0 unspecified atom stereocenters. The molecule has 3 heterocycles. The number of hydrogen-bond donors (Lipinski definition) is 2. The molecule has 0 aliphatic rings. The van der Waals surface area contributed by atoms with E-state index in [9.17, 15) is 5.11 Å². The first kappa shape index (κ1) is 13.7. The molecular formula is C17H15N5O. The van der Waals surface area contributed by atoms with Crippen molar-refractivity contribution in [3.63, 3.8) is 0 Å². The second-order valence-corrected chi connectivity index (χ2v) is 5.43. The molecule has 4 rings (SSSR count). The van der Waals surface area contributed by atoms with E-state index in [1.165, 1.54) is 0 Å². The van der Waals surface area contributed by atoms with E-state index in [1.807, 2.05) is 49.6 Å². The van der Waals surface area contributed by atoms with E-state index in [0.717, 1.165) is 33.5 Å². The number of rotatable bonds is 3. The van der Waals surface area contributed by atoms with Gasteiger partial charge in [-0.15, -0.1) is 0 Å². The summed E-state index contributed by atoms with van der Waals surface area (Å²) < 4.78 is 1.75. The van der Waals surface area contributed by atoms with Crippen LogP contribution in [0.2, 0.25) is 0 Å². The average Bonchev–Trinajstić information content (AvgIpc) is 3.20. The first-order chi connectivity index (χ1) is 11.2. The van der Waals surface area contributed by atoms with Gasteiger partial charge in [0.15, 0.2) is 5.65 Å². The molecule has 0 aliphatic heterocycles. The highest BCUT2D eigenvalue weighted by molar-refractivity contribution is 5.91. The van der Waals surface area contributed by atoms with E-state index < -0.39 is 0 Å². The van der Waals surface area contributed by atoms with E-state index in [2.05, 4.69) is 20.3 Å². The third-order valence-corrected chi connectivity index (χ3v) is 3.82. The lowest BCUT2D eigenvalue weighted by Crippen LogP contribution is -1.88. The van der Waals surface area contributed by atoms with E-state index in [-0.39, 0.29) is 6.61 Å². The number of fused-ring (bicyclic) bond motifs is 1. The van der Waals surface area contributed by atoms with Gasteiger partial charge in [-0.1, -0.05) is 18.2 Å². The number of hydrogen-bond acceptors (Lipinski definition) is 4. The zero-order chi connectivity index (χ0) is 15.8. The van der Waals surface area contributed by atoms with Crippen LogP contribution < -0.4 is 0 Å². The van der Waals surface area contributed by atoms with Gasteiger partial charge in [-0.3, -0.25) is 9.78 Å². The molecule has 0 amide bonds. The fourth-order valence-corrected chi connectivity index (χ4v) is 2.66. The minimum absolute atomic E-state index is 0.0175.